The maximum Gasteiger partial charge on any atom is 0.222 e. The number of carbonyl (C=O) groups excluding carboxylic acids is 1. The lowest BCUT2D eigenvalue weighted by Crippen LogP contribution is -2.34. The van der Waals surface area contributed by atoms with Gasteiger partial charge in [0.25, 0.3) is 0 Å². The number of hydrogen-bond acceptors (Lipinski definition) is 2. The number of furan rings is 1. The Morgan fingerprint density at radius 3 is 2.62 bits per heavy atom. The second-order valence-electron chi connectivity index (χ2n) is 6.85. The van der Waals surface area contributed by atoms with Crippen molar-refractivity contribution in [2.45, 2.75) is 26.2 Å². The van der Waals surface area contributed by atoms with Crippen molar-refractivity contribution < 1.29 is 9.21 Å². The maximum atomic E-state index is 11.8. The van der Waals surface area contributed by atoms with Crippen LogP contribution in [0.15, 0.2) is 70.9 Å². The summed E-state index contributed by atoms with van der Waals surface area (Å²) in [5.74, 6) is 0.249. The zero-order valence-corrected chi connectivity index (χ0v) is 15.1. The van der Waals surface area contributed by atoms with E-state index in [9.17, 15) is 4.79 Å². The third-order valence-corrected chi connectivity index (χ3v) is 5.13. The molecule has 0 fully saturated rings. The van der Waals surface area contributed by atoms with E-state index in [4.69, 9.17) is 4.42 Å². The molecule has 2 aromatic carbocycles. The van der Waals surface area contributed by atoms with E-state index >= 15 is 0 Å². The largest absolute Gasteiger partial charge is 0.464 e. The molecule has 0 unspecified atom stereocenters. The van der Waals surface area contributed by atoms with Gasteiger partial charge in [0.15, 0.2) is 0 Å². The molecule has 132 valence electrons. The minimum absolute atomic E-state index is 0.249. The Hall–Kier alpha value is -2.81. The van der Waals surface area contributed by atoms with Crippen molar-refractivity contribution in [3.05, 3.63) is 72.0 Å². The summed E-state index contributed by atoms with van der Waals surface area (Å²) in [4.78, 5) is 13.7. The van der Waals surface area contributed by atoms with E-state index < -0.39 is 0 Å². The fourth-order valence-electron chi connectivity index (χ4n) is 3.55. The highest BCUT2D eigenvalue weighted by Crippen LogP contribution is 2.26. The second kappa shape index (κ2) is 7.20. The molecule has 1 aliphatic rings. The van der Waals surface area contributed by atoms with Crippen LogP contribution in [0.4, 0.5) is 0 Å². The van der Waals surface area contributed by atoms with Crippen molar-refractivity contribution in [3.63, 3.8) is 0 Å². The summed E-state index contributed by atoms with van der Waals surface area (Å²) in [5.41, 5.74) is 6.09. The summed E-state index contributed by atoms with van der Waals surface area (Å²) < 4.78 is 5.41. The summed E-state index contributed by atoms with van der Waals surface area (Å²) in [5, 5.41) is 1.13. The summed E-state index contributed by atoms with van der Waals surface area (Å²) in [6.45, 7) is 3.53. The van der Waals surface area contributed by atoms with Crippen molar-refractivity contribution in [3.8, 4) is 11.1 Å². The van der Waals surface area contributed by atoms with Crippen LogP contribution in [0.5, 0.6) is 0 Å². The molecular formula is C23H23NO2. The van der Waals surface area contributed by atoms with Gasteiger partial charge in [-0.05, 0) is 47.7 Å². The lowest BCUT2D eigenvalue weighted by Gasteiger charge is -2.26. The number of fused-ring (bicyclic) bond motifs is 1. The molecule has 0 N–H and O–H groups in total. The van der Waals surface area contributed by atoms with Crippen LogP contribution in [0.2, 0.25) is 0 Å². The first-order valence-electron chi connectivity index (χ1n) is 9.25. The van der Waals surface area contributed by atoms with E-state index in [1.165, 1.54) is 22.3 Å². The highest BCUT2D eigenvalue weighted by molar-refractivity contribution is 5.83. The molecule has 0 bridgehead atoms. The molecular weight excluding hydrogens is 322 g/mol. The molecule has 1 aromatic heterocycles. The fraction of sp³-hybridized carbons (Fsp3) is 0.261. The fourth-order valence-corrected chi connectivity index (χ4v) is 3.55. The molecule has 26 heavy (non-hydrogen) atoms. The smallest absolute Gasteiger partial charge is 0.222 e. The minimum Gasteiger partial charge on any atom is -0.464 e. The molecule has 0 radical (unpaired) electrons. The molecule has 0 aliphatic carbocycles. The highest BCUT2D eigenvalue weighted by Gasteiger charge is 2.15. The van der Waals surface area contributed by atoms with Crippen LogP contribution in [-0.4, -0.2) is 23.9 Å². The van der Waals surface area contributed by atoms with Crippen LogP contribution in [0.25, 0.3) is 22.1 Å². The number of nitrogens with zero attached hydrogens (tertiary/aromatic N) is 1. The molecule has 0 atom stereocenters. The van der Waals surface area contributed by atoms with Crippen LogP contribution in [0, 0.1) is 0 Å². The monoisotopic (exact) mass is 345 g/mol. The van der Waals surface area contributed by atoms with Crippen LogP contribution in [0.3, 0.4) is 0 Å². The summed E-state index contributed by atoms with van der Waals surface area (Å²) in [6.07, 6.45) is 6.48. The molecule has 1 aliphatic heterocycles. The quantitative estimate of drug-likeness (QED) is 0.608. The molecule has 3 aromatic rings. The zero-order valence-electron chi connectivity index (χ0n) is 15.1. The molecule has 4 rings (SSSR count). The lowest BCUT2D eigenvalue weighted by atomic mass is 9.97. The molecule has 0 saturated carbocycles. The van der Waals surface area contributed by atoms with Gasteiger partial charge in [-0.2, -0.15) is 0 Å². The number of amides is 1. The molecule has 3 nitrogen and oxygen atoms in total. The van der Waals surface area contributed by atoms with Crippen molar-refractivity contribution >= 4 is 16.9 Å². The Bertz CT molecular complexity index is 950. The van der Waals surface area contributed by atoms with Crippen molar-refractivity contribution in [1.82, 2.24) is 4.90 Å². The first-order chi connectivity index (χ1) is 12.7. The van der Waals surface area contributed by atoms with Gasteiger partial charge < -0.3 is 9.32 Å². The van der Waals surface area contributed by atoms with Crippen molar-refractivity contribution in [2.24, 2.45) is 0 Å². The molecule has 3 heteroatoms. The van der Waals surface area contributed by atoms with Crippen LogP contribution < -0.4 is 0 Å². The lowest BCUT2D eigenvalue weighted by molar-refractivity contribution is -0.130. The van der Waals surface area contributed by atoms with Crippen LogP contribution in [0.1, 0.15) is 25.3 Å². The zero-order chi connectivity index (χ0) is 17.9. The highest BCUT2D eigenvalue weighted by atomic mass is 16.3. The van der Waals surface area contributed by atoms with Gasteiger partial charge in [-0.1, -0.05) is 48.9 Å². The normalized spacial score (nSPS) is 14.5. The maximum absolute atomic E-state index is 11.8. The summed E-state index contributed by atoms with van der Waals surface area (Å²) in [6, 6.07) is 17.1. The van der Waals surface area contributed by atoms with E-state index in [2.05, 4.69) is 42.5 Å². The summed E-state index contributed by atoms with van der Waals surface area (Å²) in [7, 11) is 0. The Balaban J connectivity index is 1.45. The third kappa shape index (κ3) is 3.43. The number of carbonyl (C=O) groups is 1. The number of rotatable bonds is 4. The predicted molar refractivity (Wildman–Crippen MR) is 105 cm³/mol. The van der Waals surface area contributed by atoms with E-state index in [0.717, 1.165) is 36.9 Å². The number of benzene rings is 2. The minimum atomic E-state index is 0.249. The molecule has 1 amide bonds. The van der Waals surface area contributed by atoms with E-state index in [1.54, 1.807) is 6.26 Å². The predicted octanol–water partition coefficient (Wildman–Crippen LogP) is 5.21. The SMILES string of the molecule is CCC(=O)N1CC=C(Cc2ccc(-c3ccc4occc4c3)cc2)CC1. The molecule has 2 heterocycles. The van der Waals surface area contributed by atoms with E-state index in [-0.39, 0.29) is 5.91 Å². The Morgan fingerprint density at radius 1 is 1.08 bits per heavy atom. The molecule has 0 saturated heterocycles. The van der Waals surface area contributed by atoms with Gasteiger partial charge in [0, 0.05) is 24.9 Å². The molecule has 0 spiro atoms. The Kier molecular flexibility index (Phi) is 4.61. The first kappa shape index (κ1) is 16.6. The average molecular weight is 345 g/mol. The second-order valence-corrected chi connectivity index (χ2v) is 6.85. The van der Waals surface area contributed by atoms with E-state index in [1.807, 2.05) is 24.0 Å². The third-order valence-electron chi connectivity index (χ3n) is 5.13. The van der Waals surface area contributed by atoms with Gasteiger partial charge in [-0.3, -0.25) is 4.79 Å². The van der Waals surface area contributed by atoms with Gasteiger partial charge in [-0.15, -0.1) is 0 Å². The van der Waals surface area contributed by atoms with E-state index in [0.29, 0.717) is 6.42 Å². The van der Waals surface area contributed by atoms with Gasteiger partial charge in [0.1, 0.15) is 5.58 Å². The van der Waals surface area contributed by atoms with Crippen molar-refractivity contribution in [1.29, 1.82) is 0 Å². The Morgan fingerprint density at radius 2 is 1.88 bits per heavy atom. The Labute approximate surface area is 153 Å². The van der Waals surface area contributed by atoms with Crippen LogP contribution >= 0.6 is 0 Å². The first-order valence-corrected chi connectivity index (χ1v) is 9.25. The van der Waals surface area contributed by atoms with Gasteiger partial charge in [0.2, 0.25) is 5.91 Å². The summed E-state index contributed by atoms with van der Waals surface area (Å²) >= 11 is 0. The topological polar surface area (TPSA) is 33.5 Å². The average Bonchev–Trinajstić information content (AvgIpc) is 3.16. The number of hydrogen-bond donors (Lipinski definition) is 0. The van der Waals surface area contributed by atoms with Gasteiger partial charge >= 0.3 is 0 Å². The van der Waals surface area contributed by atoms with Crippen LogP contribution in [-0.2, 0) is 11.2 Å². The van der Waals surface area contributed by atoms with Gasteiger partial charge in [-0.25, -0.2) is 0 Å². The standard InChI is InChI=1S/C23H23NO2/c1-2-23(25)24-12-9-18(10-13-24)15-17-3-5-19(6-4-17)20-7-8-22-21(16-20)11-14-26-22/h3-9,11,14,16H,2,10,12-13,15H2,1H3. The van der Waals surface area contributed by atoms with Crippen molar-refractivity contribution in [2.75, 3.05) is 13.1 Å². The van der Waals surface area contributed by atoms with Gasteiger partial charge in [0.05, 0.1) is 6.26 Å².